The van der Waals surface area contributed by atoms with E-state index in [1.165, 1.54) is 33.5 Å². The molecule has 0 fully saturated rings. The zero-order chi connectivity index (χ0) is 11.8. The van der Waals surface area contributed by atoms with Gasteiger partial charge in [-0.05, 0) is 31.4 Å². The Kier molecular flexibility index (Phi) is 2.40. The van der Waals surface area contributed by atoms with Gasteiger partial charge in [0.05, 0.1) is 0 Å². The molecular formula is C16H17N. The number of hydrogen-bond donors (Lipinski definition) is 1. The minimum absolute atomic E-state index is 1.07. The Morgan fingerprint density at radius 3 is 2.53 bits per heavy atom. The minimum Gasteiger partial charge on any atom is -0.384 e. The van der Waals surface area contributed by atoms with Crippen LogP contribution in [0.1, 0.15) is 16.7 Å². The van der Waals surface area contributed by atoms with Crippen molar-refractivity contribution in [3.8, 4) is 11.1 Å². The molecule has 2 aromatic rings. The Morgan fingerprint density at radius 1 is 1.00 bits per heavy atom. The van der Waals surface area contributed by atoms with E-state index in [1.807, 2.05) is 0 Å². The summed E-state index contributed by atoms with van der Waals surface area (Å²) >= 11 is 0. The van der Waals surface area contributed by atoms with Crippen LogP contribution in [-0.2, 0) is 6.42 Å². The molecule has 0 amide bonds. The molecule has 0 aromatic heterocycles. The highest BCUT2D eigenvalue weighted by Crippen LogP contribution is 2.34. The van der Waals surface area contributed by atoms with E-state index in [1.54, 1.807) is 0 Å². The predicted molar refractivity (Wildman–Crippen MR) is 73.5 cm³/mol. The monoisotopic (exact) mass is 223 g/mol. The predicted octanol–water partition coefficient (Wildman–Crippen LogP) is 3.94. The van der Waals surface area contributed by atoms with Gasteiger partial charge in [0.25, 0.3) is 0 Å². The molecule has 0 saturated heterocycles. The summed E-state index contributed by atoms with van der Waals surface area (Å²) in [6.07, 6.45) is 1.15. The SMILES string of the molecule is Cc1cc(C)cc(-c2cccc3c2NCC3)c1. The second kappa shape index (κ2) is 3.92. The normalized spacial score (nSPS) is 13.3. The Morgan fingerprint density at radius 2 is 1.76 bits per heavy atom. The average molecular weight is 223 g/mol. The maximum Gasteiger partial charge on any atom is 0.0453 e. The summed E-state index contributed by atoms with van der Waals surface area (Å²) in [5, 5.41) is 3.51. The van der Waals surface area contributed by atoms with Crippen LogP contribution in [0.4, 0.5) is 5.69 Å². The summed E-state index contributed by atoms with van der Waals surface area (Å²) in [6, 6.07) is 13.4. The van der Waals surface area contributed by atoms with E-state index in [2.05, 4.69) is 55.6 Å². The summed E-state index contributed by atoms with van der Waals surface area (Å²) in [4.78, 5) is 0. The van der Waals surface area contributed by atoms with Crippen LogP contribution in [0.15, 0.2) is 36.4 Å². The van der Waals surface area contributed by atoms with Crippen LogP contribution in [0.5, 0.6) is 0 Å². The Hall–Kier alpha value is -1.76. The van der Waals surface area contributed by atoms with E-state index in [-0.39, 0.29) is 0 Å². The van der Waals surface area contributed by atoms with E-state index in [0.29, 0.717) is 0 Å². The maximum atomic E-state index is 3.51. The van der Waals surface area contributed by atoms with Crippen LogP contribution >= 0.6 is 0 Å². The Balaban J connectivity index is 2.19. The molecule has 1 aliphatic heterocycles. The van der Waals surface area contributed by atoms with Crippen molar-refractivity contribution in [3.05, 3.63) is 53.1 Å². The fourth-order valence-electron chi connectivity index (χ4n) is 2.71. The van der Waals surface area contributed by atoms with Crippen LogP contribution in [0.25, 0.3) is 11.1 Å². The molecule has 17 heavy (non-hydrogen) atoms. The number of nitrogens with one attached hydrogen (secondary N) is 1. The van der Waals surface area contributed by atoms with Gasteiger partial charge in [-0.15, -0.1) is 0 Å². The first kappa shape index (κ1) is 10.4. The first-order valence-corrected chi connectivity index (χ1v) is 6.18. The van der Waals surface area contributed by atoms with Gasteiger partial charge in [-0.25, -0.2) is 0 Å². The molecule has 1 nitrogen and oxygen atoms in total. The third kappa shape index (κ3) is 1.82. The van der Waals surface area contributed by atoms with Gasteiger partial charge in [0.2, 0.25) is 0 Å². The quantitative estimate of drug-likeness (QED) is 0.772. The lowest BCUT2D eigenvalue weighted by Crippen LogP contribution is -1.93. The Labute approximate surface area is 102 Å². The summed E-state index contributed by atoms with van der Waals surface area (Å²) in [6.45, 7) is 5.39. The van der Waals surface area contributed by atoms with E-state index in [0.717, 1.165) is 13.0 Å². The lowest BCUT2D eigenvalue weighted by Gasteiger charge is -2.10. The van der Waals surface area contributed by atoms with Crippen molar-refractivity contribution in [3.63, 3.8) is 0 Å². The lowest BCUT2D eigenvalue weighted by molar-refractivity contribution is 1.11. The van der Waals surface area contributed by atoms with Crippen LogP contribution in [-0.4, -0.2) is 6.54 Å². The number of rotatable bonds is 1. The molecular weight excluding hydrogens is 206 g/mol. The third-order valence-electron chi connectivity index (χ3n) is 3.38. The largest absolute Gasteiger partial charge is 0.384 e. The maximum absolute atomic E-state index is 3.51. The molecule has 0 saturated carbocycles. The highest BCUT2D eigenvalue weighted by Gasteiger charge is 2.14. The van der Waals surface area contributed by atoms with Gasteiger partial charge in [0, 0.05) is 17.8 Å². The molecule has 0 radical (unpaired) electrons. The molecule has 3 rings (SSSR count). The summed E-state index contributed by atoms with van der Waals surface area (Å²) < 4.78 is 0. The molecule has 1 heterocycles. The van der Waals surface area contributed by atoms with E-state index >= 15 is 0 Å². The topological polar surface area (TPSA) is 12.0 Å². The number of fused-ring (bicyclic) bond motifs is 1. The highest BCUT2D eigenvalue weighted by atomic mass is 14.9. The van der Waals surface area contributed by atoms with Crippen molar-refractivity contribution in [2.24, 2.45) is 0 Å². The van der Waals surface area contributed by atoms with Crippen LogP contribution in [0, 0.1) is 13.8 Å². The molecule has 86 valence electrons. The van der Waals surface area contributed by atoms with Gasteiger partial charge in [-0.2, -0.15) is 0 Å². The molecule has 0 unspecified atom stereocenters. The van der Waals surface area contributed by atoms with Crippen LogP contribution < -0.4 is 5.32 Å². The number of benzene rings is 2. The fraction of sp³-hybridized carbons (Fsp3) is 0.250. The molecule has 0 spiro atoms. The molecule has 1 aliphatic rings. The second-order valence-corrected chi connectivity index (χ2v) is 4.89. The first-order valence-electron chi connectivity index (χ1n) is 6.18. The van der Waals surface area contributed by atoms with E-state index in [4.69, 9.17) is 0 Å². The van der Waals surface area contributed by atoms with Gasteiger partial charge in [-0.3, -0.25) is 0 Å². The van der Waals surface area contributed by atoms with Crippen molar-refractivity contribution in [2.45, 2.75) is 20.3 Å². The van der Waals surface area contributed by atoms with E-state index in [9.17, 15) is 0 Å². The smallest absolute Gasteiger partial charge is 0.0453 e. The number of para-hydroxylation sites is 1. The van der Waals surface area contributed by atoms with Crippen LogP contribution in [0.2, 0.25) is 0 Å². The van der Waals surface area contributed by atoms with Crippen molar-refractivity contribution < 1.29 is 0 Å². The number of aryl methyl sites for hydroxylation is 2. The van der Waals surface area contributed by atoms with E-state index < -0.39 is 0 Å². The van der Waals surface area contributed by atoms with Crippen LogP contribution in [0.3, 0.4) is 0 Å². The highest BCUT2D eigenvalue weighted by molar-refractivity contribution is 5.82. The Bertz CT molecular complexity index is 549. The molecule has 0 atom stereocenters. The number of anilines is 1. The molecule has 1 N–H and O–H groups in total. The first-order chi connectivity index (χ1) is 8.24. The zero-order valence-electron chi connectivity index (χ0n) is 10.4. The van der Waals surface area contributed by atoms with Crippen molar-refractivity contribution in [2.75, 3.05) is 11.9 Å². The summed E-state index contributed by atoms with van der Waals surface area (Å²) in [7, 11) is 0. The molecule has 2 aromatic carbocycles. The van der Waals surface area contributed by atoms with Gasteiger partial charge in [0.1, 0.15) is 0 Å². The second-order valence-electron chi connectivity index (χ2n) is 4.89. The van der Waals surface area contributed by atoms with Gasteiger partial charge in [0.15, 0.2) is 0 Å². The molecule has 0 bridgehead atoms. The number of hydrogen-bond acceptors (Lipinski definition) is 1. The molecule has 0 aliphatic carbocycles. The fourth-order valence-corrected chi connectivity index (χ4v) is 2.71. The third-order valence-corrected chi connectivity index (χ3v) is 3.38. The van der Waals surface area contributed by atoms with Gasteiger partial charge in [-0.1, -0.05) is 47.5 Å². The van der Waals surface area contributed by atoms with Crippen molar-refractivity contribution in [1.82, 2.24) is 0 Å². The lowest BCUT2D eigenvalue weighted by atomic mass is 9.97. The van der Waals surface area contributed by atoms with Crippen molar-refractivity contribution in [1.29, 1.82) is 0 Å². The van der Waals surface area contributed by atoms with Crippen molar-refractivity contribution >= 4 is 5.69 Å². The summed E-state index contributed by atoms with van der Waals surface area (Å²) in [5.41, 5.74) is 8.10. The molecule has 1 heteroatoms. The minimum atomic E-state index is 1.07. The zero-order valence-corrected chi connectivity index (χ0v) is 10.4. The van der Waals surface area contributed by atoms with Gasteiger partial charge < -0.3 is 5.32 Å². The van der Waals surface area contributed by atoms with Gasteiger partial charge >= 0.3 is 0 Å². The summed E-state index contributed by atoms with van der Waals surface area (Å²) in [5.74, 6) is 0. The average Bonchev–Trinajstić information content (AvgIpc) is 2.75. The standard InChI is InChI=1S/C16H17N/c1-11-8-12(2)10-14(9-11)15-5-3-4-13-6-7-17-16(13)15/h3-5,8-10,17H,6-7H2,1-2H3.